The maximum Gasteiger partial charge on any atom is 0.326 e. The Bertz CT molecular complexity index is 377. The van der Waals surface area contributed by atoms with Crippen molar-refractivity contribution < 1.29 is 9.90 Å². The van der Waals surface area contributed by atoms with Gasteiger partial charge in [-0.3, -0.25) is 0 Å². The maximum absolute atomic E-state index is 10.9. The van der Waals surface area contributed by atoms with Gasteiger partial charge in [-0.25, -0.2) is 4.79 Å². The van der Waals surface area contributed by atoms with Crippen LogP contribution in [0.4, 0.5) is 5.69 Å². The van der Waals surface area contributed by atoms with Gasteiger partial charge in [0.15, 0.2) is 0 Å². The van der Waals surface area contributed by atoms with E-state index in [2.05, 4.69) is 10.2 Å². The fourth-order valence-electron chi connectivity index (χ4n) is 1.66. The molecule has 0 saturated heterocycles. The number of hydrogen-bond acceptors (Lipinski definition) is 3. The van der Waals surface area contributed by atoms with Crippen molar-refractivity contribution in [3.63, 3.8) is 0 Å². The molecule has 2 N–H and O–H groups in total. The minimum Gasteiger partial charge on any atom is -0.480 e. The predicted molar refractivity (Wildman–Crippen MR) is 69.2 cm³/mol. The molecule has 1 aromatic rings. The SMILES string of the molecule is CCC(Nc1cccc(CN(C)C)c1)C(=O)O. The van der Waals surface area contributed by atoms with E-state index in [9.17, 15) is 4.79 Å². The van der Waals surface area contributed by atoms with Crippen molar-refractivity contribution >= 4 is 11.7 Å². The van der Waals surface area contributed by atoms with Crippen molar-refractivity contribution in [3.8, 4) is 0 Å². The van der Waals surface area contributed by atoms with Crippen LogP contribution in [-0.2, 0) is 11.3 Å². The topological polar surface area (TPSA) is 52.6 Å². The average molecular weight is 236 g/mol. The molecule has 0 amide bonds. The largest absolute Gasteiger partial charge is 0.480 e. The van der Waals surface area contributed by atoms with E-state index < -0.39 is 12.0 Å². The second-order valence-corrected chi connectivity index (χ2v) is 4.38. The van der Waals surface area contributed by atoms with Crippen molar-refractivity contribution in [2.45, 2.75) is 25.9 Å². The fourth-order valence-corrected chi connectivity index (χ4v) is 1.66. The molecule has 0 spiro atoms. The molecule has 94 valence electrons. The van der Waals surface area contributed by atoms with Crippen molar-refractivity contribution in [3.05, 3.63) is 29.8 Å². The molecule has 0 aliphatic carbocycles. The van der Waals surface area contributed by atoms with Gasteiger partial charge in [0, 0.05) is 12.2 Å². The molecule has 4 heteroatoms. The highest BCUT2D eigenvalue weighted by atomic mass is 16.4. The number of carboxylic acids is 1. The lowest BCUT2D eigenvalue weighted by Crippen LogP contribution is -2.28. The zero-order valence-corrected chi connectivity index (χ0v) is 10.6. The number of anilines is 1. The first-order chi connectivity index (χ1) is 8.02. The van der Waals surface area contributed by atoms with Crippen LogP contribution >= 0.6 is 0 Å². The third kappa shape index (κ3) is 4.44. The Morgan fingerprint density at radius 1 is 1.47 bits per heavy atom. The van der Waals surface area contributed by atoms with E-state index in [1.165, 1.54) is 5.56 Å². The van der Waals surface area contributed by atoms with E-state index in [0.717, 1.165) is 12.2 Å². The van der Waals surface area contributed by atoms with Gasteiger partial charge >= 0.3 is 5.97 Å². The van der Waals surface area contributed by atoms with Gasteiger partial charge in [-0.2, -0.15) is 0 Å². The molecule has 1 unspecified atom stereocenters. The quantitative estimate of drug-likeness (QED) is 0.793. The van der Waals surface area contributed by atoms with Crippen LogP contribution in [0, 0.1) is 0 Å². The summed E-state index contributed by atoms with van der Waals surface area (Å²) in [7, 11) is 4.01. The second kappa shape index (κ2) is 6.25. The summed E-state index contributed by atoms with van der Waals surface area (Å²) in [5, 5.41) is 12.0. The zero-order valence-electron chi connectivity index (χ0n) is 10.6. The molecule has 0 aliphatic heterocycles. The van der Waals surface area contributed by atoms with Gasteiger partial charge in [-0.05, 0) is 38.2 Å². The Labute approximate surface area is 102 Å². The molecule has 17 heavy (non-hydrogen) atoms. The highest BCUT2D eigenvalue weighted by Gasteiger charge is 2.14. The second-order valence-electron chi connectivity index (χ2n) is 4.38. The molecule has 4 nitrogen and oxygen atoms in total. The normalized spacial score (nSPS) is 12.5. The number of carboxylic acid groups (broad SMARTS) is 1. The Kier molecular flexibility index (Phi) is 4.97. The van der Waals surface area contributed by atoms with Gasteiger partial charge in [0.25, 0.3) is 0 Å². The smallest absolute Gasteiger partial charge is 0.326 e. The Morgan fingerprint density at radius 3 is 2.71 bits per heavy atom. The van der Waals surface area contributed by atoms with Crippen LogP contribution < -0.4 is 5.32 Å². The lowest BCUT2D eigenvalue weighted by molar-refractivity contribution is -0.137. The molecule has 1 rings (SSSR count). The molecule has 1 aromatic carbocycles. The van der Waals surface area contributed by atoms with Crippen LogP contribution in [0.5, 0.6) is 0 Å². The number of benzene rings is 1. The van der Waals surface area contributed by atoms with E-state index in [4.69, 9.17) is 5.11 Å². The Morgan fingerprint density at radius 2 is 2.18 bits per heavy atom. The van der Waals surface area contributed by atoms with Gasteiger partial charge < -0.3 is 15.3 Å². The zero-order chi connectivity index (χ0) is 12.8. The minimum absolute atomic E-state index is 0.524. The van der Waals surface area contributed by atoms with Crippen molar-refractivity contribution in [1.29, 1.82) is 0 Å². The first kappa shape index (κ1) is 13.5. The van der Waals surface area contributed by atoms with Gasteiger partial charge in [-0.15, -0.1) is 0 Å². The third-order valence-electron chi connectivity index (χ3n) is 2.47. The number of carbonyl (C=O) groups is 1. The first-order valence-electron chi connectivity index (χ1n) is 5.76. The lowest BCUT2D eigenvalue weighted by Gasteiger charge is -2.15. The fraction of sp³-hybridized carbons (Fsp3) is 0.462. The standard InChI is InChI=1S/C13H20N2O2/c1-4-12(13(16)17)14-11-7-5-6-10(8-11)9-15(2)3/h5-8,12,14H,4,9H2,1-3H3,(H,16,17). The van der Waals surface area contributed by atoms with Crippen LogP contribution in [-0.4, -0.2) is 36.1 Å². The molecule has 0 aliphatic rings. The summed E-state index contributed by atoms with van der Waals surface area (Å²) < 4.78 is 0. The first-order valence-corrected chi connectivity index (χ1v) is 5.76. The molecule has 0 radical (unpaired) electrons. The summed E-state index contributed by atoms with van der Waals surface area (Å²) in [6.07, 6.45) is 0.563. The summed E-state index contributed by atoms with van der Waals surface area (Å²) in [5.74, 6) is -0.814. The molecule has 0 saturated carbocycles. The number of nitrogens with zero attached hydrogens (tertiary/aromatic N) is 1. The van der Waals surface area contributed by atoms with Crippen LogP contribution in [0.25, 0.3) is 0 Å². The van der Waals surface area contributed by atoms with Crippen molar-refractivity contribution in [2.24, 2.45) is 0 Å². The average Bonchev–Trinajstić information content (AvgIpc) is 2.25. The summed E-state index contributed by atoms with van der Waals surface area (Å²) in [6.45, 7) is 2.70. The predicted octanol–water partition coefficient (Wildman–Crippen LogP) is 2.02. The highest BCUT2D eigenvalue weighted by Crippen LogP contribution is 2.14. The van der Waals surface area contributed by atoms with E-state index in [-0.39, 0.29) is 0 Å². The summed E-state index contributed by atoms with van der Waals surface area (Å²) in [5.41, 5.74) is 2.03. The number of rotatable bonds is 6. The molecular formula is C13H20N2O2. The number of nitrogens with one attached hydrogen (secondary N) is 1. The van der Waals surface area contributed by atoms with Crippen LogP contribution in [0.2, 0.25) is 0 Å². The number of aliphatic carboxylic acids is 1. The van der Waals surface area contributed by atoms with Gasteiger partial charge in [0.1, 0.15) is 6.04 Å². The molecule has 0 bridgehead atoms. The van der Waals surface area contributed by atoms with Gasteiger partial charge in [0.2, 0.25) is 0 Å². The van der Waals surface area contributed by atoms with E-state index in [1.54, 1.807) is 0 Å². The van der Waals surface area contributed by atoms with E-state index in [1.807, 2.05) is 45.3 Å². The van der Waals surface area contributed by atoms with Gasteiger partial charge in [0.05, 0.1) is 0 Å². The highest BCUT2D eigenvalue weighted by molar-refractivity contribution is 5.77. The maximum atomic E-state index is 10.9. The monoisotopic (exact) mass is 236 g/mol. The van der Waals surface area contributed by atoms with Gasteiger partial charge in [-0.1, -0.05) is 19.1 Å². The van der Waals surface area contributed by atoms with Crippen LogP contribution in [0.15, 0.2) is 24.3 Å². The Hall–Kier alpha value is -1.55. The summed E-state index contributed by atoms with van der Waals surface area (Å²) in [6, 6.07) is 7.34. The Balaban J connectivity index is 2.74. The minimum atomic E-state index is -0.814. The summed E-state index contributed by atoms with van der Waals surface area (Å²) >= 11 is 0. The lowest BCUT2D eigenvalue weighted by atomic mass is 10.1. The molecular weight excluding hydrogens is 216 g/mol. The molecule has 0 fully saturated rings. The van der Waals surface area contributed by atoms with E-state index in [0.29, 0.717) is 6.42 Å². The van der Waals surface area contributed by atoms with Crippen molar-refractivity contribution in [1.82, 2.24) is 4.90 Å². The molecule has 0 aromatic heterocycles. The summed E-state index contributed by atoms with van der Waals surface area (Å²) in [4.78, 5) is 13.0. The molecule has 0 heterocycles. The van der Waals surface area contributed by atoms with Crippen molar-refractivity contribution in [2.75, 3.05) is 19.4 Å². The third-order valence-corrected chi connectivity index (χ3v) is 2.47. The van der Waals surface area contributed by atoms with Crippen LogP contribution in [0.1, 0.15) is 18.9 Å². The molecule has 1 atom stereocenters. The van der Waals surface area contributed by atoms with E-state index >= 15 is 0 Å². The number of hydrogen-bond donors (Lipinski definition) is 2. The van der Waals surface area contributed by atoms with Crippen LogP contribution in [0.3, 0.4) is 0 Å².